The highest BCUT2D eigenvalue weighted by Crippen LogP contribution is 2.60. The van der Waals surface area contributed by atoms with Crippen LogP contribution in [0.15, 0.2) is 24.3 Å². The summed E-state index contributed by atoms with van der Waals surface area (Å²) in [6, 6.07) is 0. The van der Waals surface area contributed by atoms with Crippen molar-refractivity contribution in [1.29, 1.82) is 0 Å². The summed E-state index contributed by atoms with van der Waals surface area (Å²) in [5.41, 5.74) is 1.15. The fraction of sp³-hybridized carbons (Fsp3) is 0.789. The molecule has 2 heteroatoms. The van der Waals surface area contributed by atoms with Crippen molar-refractivity contribution in [1.82, 2.24) is 4.98 Å². The number of allylic oxidation sites excluding steroid dienone is 4. The Kier molecular flexibility index (Phi) is 3.98. The maximum absolute atomic E-state index is 4.08. The summed E-state index contributed by atoms with van der Waals surface area (Å²) in [5, 5.41) is 0. The maximum Gasteiger partial charge on any atom is 0.123 e. The Morgan fingerprint density at radius 2 is 1.48 bits per heavy atom. The SMILES string of the molecule is CC(C)(C)N[Si](C)(C)C1C2C=CC=CC2C2CCCCC21. The van der Waals surface area contributed by atoms with Crippen molar-refractivity contribution in [2.75, 3.05) is 0 Å². The smallest absolute Gasteiger partial charge is 0.123 e. The molecular formula is C19H33NSi. The second-order valence-corrected chi connectivity index (χ2v) is 13.5. The van der Waals surface area contributed by atoms with Gasteiger partial charge in [0.2, 0.25) is 0 Å². The number of fused-ring (bicyclic) bond motifs is 3. The zero-order valence-electron chi connectivity index (χ0n) is 14.5. The van der Waals surface area contributed by atoms with Crippen LogP contribution in [-0.2, 0) is 0 Å². The zero-order valence-corrected chi connectivity index (χ0v) is 15.5. The molecule has 0 heterocycles. The van der Waals surface area contributed by atoms with Gasteiger partial charge in [0.25, 0.3) is 0 Å². The highest BCUT2D eigenvalue weighted by molar-refractivity contribution is 6.76. The van der Waals surface area contributed by atoms with Crippen molar-refractivity contribution in [2.45, 2.75) is 70.6 Å². The highest BCUT2D eigenvalue weighted by Gasteiger charge is 2.55. The van der Waals surface area contributed by atoms with Crippen LogP contribution in [0.2, 0.25) is 18.6 Å². The van der Waals surface area contributed by atoms with Crippen LogP contribution in [0.25, 0.3) is 0 Å². The third-order valence-electron chi connectivity index (χ3n) is 6.00. The van der Waals surface area contributed by atoms with Crippen LogP contribution in [0.4, 0.5) is 0 Å². The van der Waals surface area contributed by atoms with Gasteiger partial charge in [-0.05, 0) is 56.4 Å². The normalized spacial score (nSPS) is 39.2. The molecule has 0 amide bonds. The van der Waals surface area contributed by atoms with Gasteiger partial charge in [-0.2, -0.15) is 0 Å². The molecule has 0 aromatic carbocycles. The molecule has 118 valence electrons. The molecule has 0 aromatic rings. The fourth-order valence-electron chi connectivity index (χ4n) is 5.89. The Labute approximate surface area is 132 Å². The van der Waals surface area contributed by atoms with E-state index in [2.05, 4.69) is 63.2 Å². The van der Waals surface area contributed by atoms with Gasteiger partial charge in [0.15, 0.2) is 0 Å². The van der Waals surface area contributed by atoms with Gasteiger partial charge >= 0.3 is 0 Å². The van der Waals surface area contributed by atoms with E-state index in [0.717, 1.165) is 29.2 Å². The molecule has 3 rings (SSSR count). The third kappa shape index (κ3) is 2.94. The molecule has 5 unspecified atom stereocenters. The molecule has 1 N–H and O–H groups in total. The Morgan fingerprint density at radius 3 is 2.10 bits per heavy atom. The van der Waals surface area contributed by atoms with Crippen LogP contribution >= 0.6 is 0 Å². The van der Waals surface area contributed by atoms with Crippen LogP contribution in [-0.4, -0.2) is 13.8 Å². The minimum atomic E-state index is -1.46. The van der Waals surface area contributed by atoms with Crippen molar-refractivity contribution in [3.8, 4) is 0 Å². The van der Waals surface area contributed by atoms with E-state index in [9.17, 15) is 0 Å². The van der Waals surface area contributed by atoms with Crippen LogP contribution in [0.3, 0.4) is 0 Å². The van der Waals surface area contributed by atoms with E-state index < -0.39 is 8.24 Å². The van der Waals surface area contributed by atoms with Crippen molar-refractivity contribution < 1.29 is 0 Å². The lowest BCUT2D eigenvalue weighted by molar-refractivity contribution is 0.246. The van der Waals surface area contributed by atoms with Crippen molar-refractivity contribution in [3.63, 3.8) is 0 Å². The molecule has 3 aliphatic carbocycles. The van der Waals surface area contributed by atoms with E-state index in [4.69, 9.17) is 0 Å². The van der Waals surface area contributed by atoms with Gasteiger partial charge in [-0.25, -0.2) is 0 Å². The zero-order chi connectivity index (χ0) is 15.3. The lowest BCUT2D eigenvalue weighted by Crippen LogP contribution is -2.59. The Morgan fingerprint density at radius 1 is 0.905 bits per heavy atom. The molecular weight excluding hydrogens is 270 g/mol. The highest BCUT2D eigenvalue weighted by atomic mass is 28.3. The first kappa shape index (κ1) is 15.5. The van der Waals surface area contributed by atoms with Crippen LogP contribution < -0.4 is 4.98 Å². The second kappa shape index (κ2) is 5.38. The van der Waals surface area contributed by atoms with Gasteiger partial charge in [0.1, 0.15) is 8.24 Å². The summed E-state index contributed by atoms with van der Waals surface area (Å²) < 4.78 is 0. The Bertz CT molecular complexity index is 443. The van der Waals surface area contributed by atoms with E-state index >= 15 is 0 Å². The first-order valence-corrected chi connectivity index (χ1v) is 12.0. The summed E-state index contributed by atoms with van der Waals surface area (Å²) >= 11 is 0. The van der Waals surface area contributed by atoms with Gasteiger partial charge in [-0.15, -0.1) is 0 Å². The minimum Gasteiger partial charge on any atom is -0.332 e. The molecule has 2 saturated carbocycles. The predicted molar refractivity (Wildman–Crippen MR) is 94.8 cm³/mol. The molecule has 5 atom stereocenters. The lowest BCUT2D eigenvalue weighted by Gasteiger charge is -2.43. The summed E-state index contributed by atoms with van der Waals surface area (Å²) in [4.78, 5) is 4.08. The summed E-state index contributed by atoms with van der Waals surface area (Å²) in [6.45, 7) is 12.2. The van der Waals surface area contributed by atoms with Gasteiger partial charge in [0.05, 0.1) is 0 Å². The molecule has 0 aromatic heterocycles. The van der Waals surface area contributed by atoms with Crippen LogP contribution in [0.5, 0.6) is 0 Å². The van der Waals surface area contributed by atoms with E-state index in [0.29, 0.717) is 0 Å². The standard InChI is InChI=1S/C19H33NSi/c1-19(2,3)20-21(4,5)18-16-12-8-6-10-14(16)15-11-7-9-13-17(15)18/h6,8,10,12,14-18,20H,7,9,11,13H2,1-5H3. The first-order chi connectivity index (χ1) is 9.80. The topological polar surface area (TPSA) is 12.0 Å². The summed E-state index contributed by atoms with van der Waals surface area (Å²) in [6.07, 6.45) is 15.6. The largest absolute Gasteiger partial charge is 0.332 e. The van der Waals surface area contributed by atoms with E-state index in [1.807, 2.05) is 0 Å². The van der Waals surface area contributed by atoms with E-state index in [1.54, 1.807) is 0 Å². The molecule has 0 spiro atoms. The average Bonchev–Trinajstić information content (AvgIpc) is 2.71. The summed E-state index contributed by atoms with van der Waals surface area (Å²) in [5.74, 6) is 3.57. The van der Waals surface area contributed by atoms with Gasteiger partial charge in [-0.3, -0.25) is 0 Å². The van der Waals surface area contributed by atoms with Crippen molar-refractivity contribution in [2.24, 2.45) is 23.7 Å². The molecule has 21 heavy (non-hydrogen) atoms. The molecule has 1 nitrogen and oxygen atoms in total. The first-order valence-electron chi connectivity index (χ1n) is 8.94. The van der Waals surface area contributed by atoms with Crippen LogP contribution in [0.1, 0.15) is 46.5 Å². The number of hydrogen-bond acceptors (Lipinski definition) is 1. The number of nitrogens with one attached hydrogen (secondary N) is 1. The fourth-order valence-corrected chi connectivity index (χ4v) is 10.8. The Hall–Kier alpha value is -0.343. The Balaban J connectivity index is 1.92. The van der Waals surface area contributed by atoms with Gasteiger partial charge < -0.3 is 4.98 Å². The lowest BCUT2D eigenvalue weighted by atomic mass is 9.77. The molecule has 0 radical (unpaired) electrons. The molecule has 0 bridgehead atoms. The van der Waals surface area contributed by atoms with Gasteiger partial charge in [0, 0.05) is 5.54 Å². The monoisotopic (exact) mass is 303 g/mol. The minimum absolute atomic E-state index is 0.242. The number of hydrogen-bond donors (Lipinski definition) is 1. The van der Waals surface area contributed by atoms with E-state index in [-0.39, 0.29) is 5.54 Å². The third-order valence-corrected chi connectivity index (χ3v) is 9.87. The molecule has 3 aliphatic rings. The van der Waals surface area contributed by atoms with E-state index in [1.165, 1.54) is 25.7 Å². The quantitative estimate of drug-likeness (QED) is 0.697. The average molecular weight is 304 g/mol. The maximum atomic E-state index is 4.08. The van der Waals surface area contributed by atoms with Gasteiger partial charge in [-0.1, -0.05) is 56.7 Å². The van der Waals surface area contributed by atoms with Crippen molar-refractivity contribution in [3.05, 3.63) is 24.3 Å². The number of rotatable bonds is 2. The molecule has 0 aliphatic heterocycles. The second-order valence-electron chi connectivity index (χ2n) is 9.16. The van der Waals surface area contributed by atoms with Crippen molar-refractivity contribution >= 4 is 8.24 Å². The van der Waals surface area contributed by atoms with Crippen LogP contribution in [0, 0.1) is 23.7 Å². The molecule has 0 saturated heterocycles. The molecule has 2 fully saturated rings. The predicted octanol–water partition coefficient (Wildman–Crippen LogP) is 5.13. The summed E-state index contributed by atoms with van der Waals surface area (Å²) in [7, 11) is -1.46.